The number of anilines is 4. The maximum absolute atomic E-state index is 13.5. The number of H-pyrrole nitrogens is 1. The van der Waals surface area contributed by atoms with Gasteiger partial charge in [-0.25, -0.2) is 19.1 Å². The fourth-order valence-electron chi connectivity index (χ4n) is 5.27. The summed E-state index contributed by atoms with van der Waals surface area (Å²) in [4.78, 5) is 37.6. The number of aliphatic hydroxyl groups is 1. The Morgan fingerprint density at radius 2 is 1.98 bits per heavy atom. The molecule has 0 spiro atoms. The largest absolute Gasteiger partial charge is 0.472 e. The van der Waals surface area contributed by atoms with Crippen molar-refractivity contribution in [2.45, 2.75) is 47.6 Å². The van der Waals surface area contributed by atoms with Crippen molar-refractivity contribution in [3.8, 4) is 0 Å². The molecule has 0 aromatic carbocycles. The van der Waals surface area contributed by atoms with Gasteiger partial charge in [0.1, 0.15) is 30.0 Å². The second-order valence-electron chi connectivity index (χ2n) is 10.0. The first-order valence-corrected chi connectivity index (χ1v) is 18.0. The summed E-state index contributed by atoms with van der Waals surface area (Å²) in [5, 5.41) is 14.8. The Hall–Kier alpha value is -2.53. The van der Waals surface area contributed by atoms with Crippen LogP contribution in [0.1, 0.15) is 18.1 Å². The number of nitrogens with two attached hydrogens (primary N) is 2. The van der Waals surface area contributed by atoms with Crippen LogP contribution in [0.5, 0.6) is 0 Å². The topological polar surface area (TPSA) is 289 Å². The van der Waals surface area contributed by atoms with Crippen LogP contribution >= 0.6 is 38.6 Å². The number of hydrogen-bond donors (Lipinski definition) is 8. The van der Waals surface area contributed by atoms with Crippen LogP contribution < -0.4 is 33.0 Å². The van der Waals surface area contributed by atoms with Gasteiger partial charge >= 0.3 is 14.6 Å². The summed E-state index contributed by atoms with van der Waals surface area (Å²) >= 11 is 5.15. The standard InChI is InChI=1S/C19H25N11O10P2S2/c20-18-25-15-11(16(32)26-18)27-28-29(15)17-13-12(31)10(44-17)4-36-41(33,34)39-8-1-7(38-9(8)3-37-42(35,43)40-13)6-2-24-30-14(6)22-5-23-19(30)21/h2,5,7-10,12-13,17,27-28,31H,1,3-4H2,(H,33,34)(H,35,43)(H2,21,22,23)(H3,20,25,26,32)/t7-,8+,9-,10-,12-,13-,17-,42?/m1/s1. The van der Waals surface area contributed by atoms with E-state index in [0.29, 0.717) is 11.2 Å². The van der Waals surface area contributed by atoms with Crippen LogP contribution in [0.3, 0.4) is 0 Å². The first-order chi connectivity index (χ1) is 20.9. The number of aliphatic hydroxyl groups excluding tert-OH is 1. The molecule has 3 aromatic heterocycles. The minimum Gasteiger partial charge on any atom is -0.389 e. The SMILES string of the molecule is Nc1nc2c(c(=O)[nH]1)NNN2[C@@H]1S[C@@H]2COP(=O)(O)O[C@H]3C[C@H](c4cnn5c(N)ncnc45)O[C@@H]3COP(=O)(S)O[C@@H]1[C@@H]2O. The first-order valence-electron chi connectivity index (χ1n) is 12.8. The normalized spacial score (nSPS) is 37.5. The van der Waals surface area contributed by atoms with Crippen molar-refractivity contribution in [1.82, 2.24) is 35.1 Å². The highest BCUT2D eigenvalue weighted by Crippen LogP contribution is 2.59. The van der Waals surface area contributed by atoms with Crippen molar-refractivity contribution in [2.75, 3.05) is 35.1 Å². The summed E-state index contributed by atoms with van der Waals surface area (Å²) < 4.78 is 56.2. The van der Waals surface area contributed by atoms with Crippen molar-refractivity contribution in [3.05, 3.63) is 28.4 Å². The second-order valence-corrected chi connectivity index (χ2v) is 15.7. The highest BCUT2D eigenvalue weighted by molar-refractivity contribution is 8.44. The Bertz CT molecular complexity index is 1770. The fourth-order valence-corrected chi connectivity index (χ4v) is 9.36. The van der Waals surface area contributed by atoms with E-state index in [1.54, 1.807) is 0 Å². The van der Waals surface area contributed by atoms with Gasteiger partial charge in [-0.15, -0.1) is 17.3 Å². The molecule has 9 N–H and O–H groups in total. The molecule has 4 aliphatic heterocycles. The van der Waals surface area contributed by atoms with Crippen molar-refractivity contribution < 1.29 is 42.0 Å². The first kappa shape index (κ1) is 30.1. The number of nitrogen functional groups attached to an aromatic ring is 2. The van der Waals surface area contributed by atoms with E-state index < -0.39 is 74.5 Å². The monoisotopic (exact) mass is 693 g/mol. The molecule has 44 heavy (non-hydrogen) atoms. The third kappa shape index (κ3) is 5.46. The van der Waals surface area contributed by atoms with Crippen LogP contribution in [0.2, 0.25) is 0 Å². The number of fused-ring (bicyclic) bond motifs is 5. The number of ether oxygens (including phenoxy) is 1. The van der Waals surface area contributed by atoms with Gasteiger partial charge in [0.2, 0.25) is 11.9 Å². The number of hydrogen-bond acceptors (Lipinski definition) is 19. The summed E-state index contributed by atoms with van der Waals surface area (Å²) in [5.74, 6) is -0.0326. The highest BCUT2D eigenvalue weighted by Gasteiger charge is 2.53. The average molecular weight is 694 g/mol. The molecule has 3 aromatic rings. The van der Waals surface area contributed by atoms with E-state index in [1.807, 2.05) is 0 Å². The van der Waals surface area contributed by atoms with Gasteiger partial charge in [0.05, 0.1) is 36.9 Å². The zero-order valence-corrected chi connectivity index (χ0v) is 25.6. The van der Waals surface area contributed by atoms with Crippen LogP contribution in [0.4, 0.5) is 23.4 Å². The molecule has 4 aliphatic rings. The van der Waals surface area contributed by atoms with Gasteiger partial charge in [-0.3, -0.25) is 38.3 Å². The number of nitrogens with one attached hydrogen (secondary N) is 3. The molecule has 238 valence electrons. The van der Waals surface area contributed by atoms with Crippen molar-refractivity contribution >= 4 is 67.7 Å². The molecular weight excluding hydrogens is 668 g/mol. The molecule has 3 fully saturated rings. The van der Waals surface area contributed by atoms with Gasteiger partial charge in [0, 0.05) is 12.0 Å². The maximum Gasteiger partial charge on any atom is 0.472 e. The number of nitrogens with zero attached hydrogens (tertiary/aromatic N) is 6. The van der Waals surface area contributed by atoms with E-state index >= 15 is 0 Å². The minimum absolute atomic E-state index is 0.0278. The van der Waals surface area contributed by atoms with E-state index in [1.165, 1.54) is 22.0 Å². The van der Waals surface area contributed by atoms with Gasteiger partial charge in [0.15, 0.2) is 17.2 Å². The molecule has 25 heteroatoms. The Kier molecular flexibility index (Phi) is 7.58. The van der Waals surface area contributed by atoms with Crippen LogP contribution in [0, 0.1) is 0 Å². The summed E-state index contributed by atoms with van der Waals surface area (Å²) in [7, 11) is -4.76. The summed E-state index contributed by atoms with van der Waals surface area (Å²) in [5.41, 5.74) is 17.3. The second kappa shape index (κ2) is 11.1. The lowest BCUT2D eigenvalue weighted by Gasteiger charge is -2.30. The maximum atomic E-state index is 13.5. The van der Waals surface area contributed by atoms with E-state index in [4.69, 9.17) is 34.3 Å². The average Bonchev–Trinajstić information content (AvgIpc) is 3.72. The van der Waals surface area contributed by atoms with Crippen LogP contribution in [0.15, 0.2) is 17.3 Å². The number of aromatic amines is 1. The predicted molar refractivity (Wildman–Crippen MR) is 155 cm³/mol. The van der Waals surface area contributed by atoms with Gasteiger partial charge in [-0.2, -0.15) is 14.6 Å². The van der Waals surface area contributed by atoms with Crippen LogP contribution in [-0.2, 0) is 32.0 Å². The number of thiol groups is 1. The van der Waals surface area contributed by atoms with E-state index in [2.05, 4.69) is 48.2 Å². The quantitative estimate of drug-likeness (QED) is 0.122. The number of phosphoric ester groups is 1. The molecule has 7 heterocycles. The number of aromatic nitrogens is 6. The Morgan fingerprint density at radius 1 is 1.16 bits per heavy atom. The molecule has 7 rings (SSSR count). The van der Waals surface area contributed by atoms with E-state index in [9.17, 15) is 23.9 Å². The number of hydrazine groups is 2. The van der Waals surface area contributed by atoms with Crippen molar-refractivity contribution in [3.63, 3.8) is 0 Å². The van der Waals surface area contributed by atoms with Gasteiger partial charge < -0.3 is 26.2 Å². The third-order valence-corrected chi connectivity index (χ3v) is 11.4. The van der Waals surface area contributed by atoms with E-state index in [0.717, 1.165) is 11.8 Å². The minimum atomic E-state index is -4.76. The Morgan fingerprint density at radius 3 is 2.80 bits per heavy atom. The Balaban J connectivity index is 1.16. The van der Waals surface area contributed by atoms with Gasteiger partial charge in [-0.05, 0) is 0 Å². The van der Waals surface area contributed by atoms with Gasteiger partial charge in [0.25, 0.3) is 5.56 Å². The van der Waals surface area contributed by atoms with Crippen molar-refractivity contribution in [2.24, 2.45) is 0 Å². The smallest absolute Gasteiger partial charge is 0.389 e. The number of rotatable bonds is 2. The molecule has 0 saturated carbocycles. The summed E-state index contributed by atoms with van der Waals surface area (Å²) in [6.45, 7) is -5.20. The van der Waals surface area contributed by atoms with Crippen LogP contribution in [-0.4, -0.2) is 87.8 Å². The Labute approximate surface area is 255 Å². The van der Waals surface area contributed by atoms with Gasteiger partial charge in [-0.1, -0.05) is 12.2 Å². The molecule has 21 nitrogen and oxygen atoms in total. The lowest BCUT2D eigenvalue weighted by molar-refractivity contribution is -0.0213. The molecule has 0 amide bonds. The number of phosphoric acid groups is 1. The lowest BCUT2D eigenvalue weighted by atomic mass is 10.1. The fraction of sp³-hybridized carbons (Fsp3) is 0.526. The third-order valence-electron chi connectivity index (χ3n) is 7.25. The number of thioether (sulfide) groups is 1. The predicted octanol–water partition coefficient (Wildman–Crippen LogP) is -0.688. The molecule has 3 saturated heterocycles. The zero-order valence-electron chi connectivity index (χ0n) is 22.1. The molecule has 0 aliphatic carbocycles. The summed E-state index contributed by atoms with van der Waals surface area (Å²) in [6.07, 6.45) is -2.84. The highest BCUT2D eigenvalue weighted by atomic mass is 32.7. The molecule has 9 atom stereocenters. The molecule has 0 radical (unpaired) electrons. The lowest BCUT2D eigenvalue weighted by Crippen LogP contribution is -2.49. The molecule has 2 unspecified atom stereocenters. The van der Waals surface area contributed by atoms with E-state index in [-0.39, 0.29) is 29.8 Å². The molecule has 2 bridgehead atoms. The van der Waals surface area contributed by atoms with Crippen molar-refractivity contribution in [1.29, 1.82) is 0 Å². The summed E-state index contributed by atoms with van der Waals surface area (Å²) in [6, 6.07) is 0. The molecular formula is C19H25N11O10P2S2. The zero-order chi connectivity index (χ0) is 31.0. The van der Waals surface area contributed by atoms with Crippen LogP contribution in [0.25, 0.3) is 5.65 Å².